The molecule has 7 heteroatoms. The highest BCUT2D eigenvalue weighted by Crippen LogP contribution is 2.10. The van der Waals surface area contributed by atoms with Gasteiger partial charge in [0.25, 0.3) is 5.91 Å². The van der Waals surface area contributed by atoms with Crippen LogP contribution in [0.4, 0.5) is 4.79 Å². The van der Waals surface area contributed by atoms with Gasteiger partial charge in [-0.2, -0.15) is 0 Å². The third-order valence-corrected chi connectivity index (χ3v) is 2.44. The van der Waals surface area contributed by atoms with Crippen molar-refractivity contribution in [2.45, 2.75) is 32.9 Å². The lowest BCUT2D eigenvalue weighted by atomic mass is 10.2. The summed E-state index contributed by atoms with van der Waals surface area (Å²) in [6, 6.07) is 0. The van der Waals surface area contributed by atoms with Gasteiger partial charge in [-0.3, -0.25) is 4.79 Å². The molecule has 17 heavy (non-hydrogen) atoms. The van der Waals surface area contributed by atoms with Crippen molar-refractivity contribution in [2.24, 2.45) is 5.73 Å². The quantitative estimate of drug-likeness (QED) is 0.852. The number of aromatic nitrogens is 1. The summed E-state index contributed by atoms with van der Waals surface area (Å²) in [5.74, 6) is -0.579. The summed E-state index contributed by atoms with van der Waals surface area (Å²) in [4.78, 5) is 26.1. The Morgan fingerprint density at radius 3 is 2.65 bits per heavy atom. The van der Waals surface area contributed by atoms with Crippen molar-refractivity contribution in [3.63, 3.8) is 0 Å². The predicted molar refractivity (Wildman–Crippen MR) is 63.7 cm³/mol. The number of alkyl carbamates (subject to hydrolysis) is 1. The minimum atomic E-state index is -0.579. The third-order valence-electron chi connectivity index (χ3n) is 1.59. The molecular weight excluding hydrogens is 242 g/mol. The molecule has 0 aliphatic carbocycles. The number of carbonyl (C=O) groups excluding carboxylic acids is 2. The molecule has 0 aliphatic heterocycles. The summed E-state index contributed by atoms with van der Waals surface area (Å²) in [6.45, 7) is 5.55. The van der Waals surface area contributed by atoms with E-state index in [1.54, 1.807) is 26.2 Å². The molecule has 1 aromatic rings. The smallest absolute Gasteiger partial charge is 0.408 e. The van der Waals surface area contributed by atoms with Crippen LogP contribution in [0.15, 0.2) is 5.38 Å². The molecule has 1 heterocycles. The summed E-state index contributed by atoms with van der Waals surface area (Å²) < 4.78 is 5.05. The van der Waals surface area contributed by atoms with Gasteiger partial charge in [0.1, 0.15) is 16.3 Å². The highest BCUT2D eigenvalue weighted by atomic mass is 32.1. The van der Waals surface area contributed by atoms with E-state index < -0.39 is 17.6 Å². The Morgan fingerprint density at radius 2 is 2.18 bits per heavy atom. The van der Waals surface area contributed by atoms with Crippen molar-refractivity contribution in [2.75, 3.05) is 0 Å². The van der Waals surface area contributed by atoms with Gasteiger partial charge < -0.3 is 15.8 Å². The second-order valence-corrected chi connectivity index (χ2v) is 5.29. The number of hydrogen-bond donors (Lipinski definition) is 2. The van der Waals surface area contributed by atoms with Crippen LogP contribution < -0.4 is 11.1 Å². The average molecular weight is 257 g/mol. The Balaban J connectivity index is 2.45. The van der Waals surface area contributed by atoms with Crippen LogP contribution in [0.3, 0.4) is 0 Å². The van der Waals surface area contributed by atoms with Crippen LogP contribution >= 0.6 is 11.3 Å². The fourth-order valence-corrected chi connectivity index (χ4v) is 1.69. The molecule has 94 valence electrons. The lowest BCUT2D eigenvalue weighted by Gasteiger charge is -2.19. The molecule has 6 nitrogen and oxygen atoms in total. The predicted octanol–water partition coefficient (Wildman–Crippen LogP) is 1.27. The Bertz CT molecular complexity index is 423. The molecule has 0 aliphatic rings. The SMILES string of the molecule is CC(C)(C)OC(=O)NCc1nc(C(N)=O)cs1. The molecule has 0 unspecified atom stereocenters. The van der Waals surface area contributed by atoms with E-state index in [0.29, 0.717) is 5.01 Å². The van der Waals surface area contributed by atoms with Crippen molar-refractivity contribution >= 4 is 23.3 Å². The zero-order chi connectivity index (χ0) is 13.1. The molecule has 1 aromatic heterocycles. The van der Waals surface area contributed by atoms with Gasteiger partial charge in [-0.25, -0.2) is 9.78 Å². The summed E-state index contributed by atoms with van der Waals surface area (Å²) >= 11 is 1.26. The van der Waals surface area contributed by atoms with Crippen molar-refractivity contribution in [3.8, 4) is 0 Å². The van der Waals surface area contributed by atoms with Gasteiger partial charge in [0, 0.05) is 5.38 Å². The van der Waals surface area contributed by atoms with Gasteiger partial charge in [-0.15, -0.1) is 11.3 Å². The number of thiazole rings is 1. The van der Waals surface area contributed by atoms with Crippen LogP contribution in [0.2, 0.25) is 0 Å². The number of rotatable bonds is 3. The lowest BCUT2D eigenvalue weighted by Crippen LogP contribution is -2.32. The van der Waals surface area contributed by atoms with Gasteiger partial charge in [-0.1, -0.05) is 0 Å². The topological polar surface area (TPSA) is 94.3 Å². The summed E-state index contributed by atoms with van der Waals surface area (Å²) in [5.41, 5.74) is 4.73. The molecule has 0 fully saturated rings. The number of amides is 2. The molecule has 0 aromatic carbocycles. The molecule has 1 rings (SSSR count). The Labute approximate surface area is 103 Å². The summed E-state index contributed by atoms with van der Waals surface area (Å²) in [6.07, 6.45) is -0.520. The molecule has 2 amide bonds. The standard InChI is InChI=1S/C10H15N3O3S/c1-10(2,3)16-9(15)12-4-7-13-6(5-17-7)8(11)14/h5H,4H2,1-3H3,(H2,11,14)(H,12,15). The molecular formula is C10H15N3O3S. The van der Waals surface area contributed by atoms with Crippen LogP contribution in [0.25, 0.3) is 0 Å². The number of carbonyl (C=O) groups is 2. The molecule has 0 radical (unpaired) electrons. The molecule has 0 spiro atoms. The molecule has 0 saturated carbocycles. The normalized spacial score (nSPS) is 11.0. The number of ether oxygens (including phenoxy) is 1. The third kappa shape index (κ3) is 4.81. The van der Waals surface area contributed by atoms with E-state index in [4.69, 9.17) is 10.5 Å². The number of nitrogens with two attached hydrogens (primary N) is 1. The van der Waals surface area contributed by atoms with Crippen LogP contribution in [0.1, 0.15) is 36.3 Å². The van der Waals surface area contributed by atoms with E-state index in [9.17, 15) is 9.59 Å². The monoisotopic (exact) mass is 257 g/mol. The number of nitrogens with one attached hydrogen (secondary N) is 1. The number of nitrogens with zero attached hydrogens (tertiary/aromatic N) is 1. The number of primary amides is 1. The Kier molecular flexibility index (Phi) is 4.06. The fourth-order valence-electron chi connectivity index (χ4n) is 0.967. The summed E-state index contributed by atoms with van der Waals surface area (Å²) in [5, 5.41) is 4.69. The largest absolute Gasteiger partial charge is 0.444 e. The first-order valence-electron chi connectivity index (χ1n) is 4.99. The summed E-state index contributed by atoms with van der Waals surface area (Å²) in [7, 11) is 0. The van der Waals surface area contributed by atoms with E-state index in [0.717, 1.165) is 0 Å². The van der Waals surface area contributed by atoms with Gasteiger partial charge in [0.15, 0.2) is 0 Å². The van der Waals surface area contributed by atoms with Crippen molar-refractivity contribution in [3.05, 3.63) is 16.1 Å². The van der Waals surface area contributed by atoms with Gasteiger partial charge >= 0.3 is 6.09 Å². The number of hydrogen-bond acceptors (Lipinski definition) is 5. The maximum Gasteiger partial charge on any atom is 0.408 e. The highest BCUT2D eigenvalue weighted by molar-refractivity contribution is 7.09. The van der Waals surface area contributed by atoms with Gasteiger partial charge in [0.2, 0.25) is 0 Å². The van der Waals surface area contributed by atoms with Crippen LogP contribution in [-0.4, -0.2) is 22.6 Å². The fraction of sp³-hybridized carbons (Fsp3) is 0.500. The van der Waals surface area contributed by atoms with E-state index >= 15 is 0 Å². The first-order valence-corrected chi connectivity index (χ1v) is 5.87. The van der Waals surface area contributed by atoms with Crippen molar-refractivity contribution < 1.29 is 14.3 Å². The van der Waals surface area contributed by atoms with Crippen molar-refractivity contribution in [1.29, 1.82) is 0 Å². The van der Waals surface area contributed by atoms with Crippen LogP contribution in [-0.2, 0) is 11.3 Å². The van der Waals surface area contributed by atoms with Gasteiger partial charge in [-0.05, 0) is 20.8 Å². The van der Waals surface area contributed by atoms with E-state index in [1.807, 2.05) is 0 Å². The van der Waals surface area contributed by atoms with Gasteiger partial charge in [0.05, 0.1) is 6.54 Å². The Hall–Kier alpha value is -1.63. The molecule has 0 saturated heterocycles. The minimum Gasteiger partial charge on any atom is -0.444 e. The van der Waals surface area contributed by atoms with Crippen molar-refractivity contribution in [1.82, 2.24) is 10.3 Å². The first-order chi connectivity index (χ1) is 7.78. The maximum atomic E-state index is 11.3. The zero-order valence-corrected chi connectivity index (χ0v) is 10.8. The highest BCUT2D eigenvalue weighted by Gasteiger charge is 2.16. The van der Waals surface area contributed by atoms with Crippen LogP contribution in [0.5, 0.6) is 0 Å². The maximum absolute atomic E-state index is 11.3. The second-order valence-electron chi connectivity index (χ2n) is 4.35. The molecule has 0 atom stereocenters. The van der Waals surface area contributed by atoms with E-state index in [1.165, 1.54) is 11.3 Å². The Morgan fingerprint density at radius 1 is 1.53 bits per heavy atom. The second kappa shape index (κ2) is 5.13. The van der Waals surface area contributed by atoms with E-state index in [-0.39, 0.29) is 12.2 Å². The van der Waals surface area contributed by atoms with Crippen LogP contribution in [0, 0.1) is 0 Å². The minimum absolute atomic E-state index is 0.205. The first kappa shape index (κ1) is 13.4. The molecule has 3 N–H and O–H groups in total. The zero-order valence-electron chi connectivity index (χ0n) is 9.94. The average Bonchev–Trinajstić information content (AvgIpc) is 2.60. The molecule has 0 bridgehead atoms. The van der Waals surface area contributed by atoms with E-state index in [2.05, 4.69) is 10.3 Å². The lowest BCUT2D eigenvalue weighted by molar-refractivity contribution is 0.0523.